The van der Waals surface area contributed by atoms with Gasteiger partial charge in [-0.3, -0.25) is 9.78 Å². The molecule has 190 valence electrons. The zero-order chi connectivity index (χ0) is 26.3. The fraction of sp³-hybridized carbons (Fsp3) is 0.133. The van der Waals surface area contributed by atoms with Crippen LogP contribution in [0, 0.1) is 6.92 Å². The molecule has 0 radical (unpaired) electrons. The molecule has 3 aromatic carbocycles. The normalized spacial score (nSPS) is 10.8. The van der Waals surface area contributed by atoms with Crippen LogP contribution >= 0.6 is 11.6 Å². The van der Waals surface area contributed by atoms with Gasteiger partial charge in [-0.2, -0.15) is 4.98 Å². The Bertz CT molecular complexity index is 1540. The van der Waals surface area contributed by atoms with Gasteiger partial charge in [0.15, 0.2) is 0 Å². The van der Waals surface area contributed by atoms with E-state index >= 15 is 0 Å². The first-order valence-electron chi connectivity index (χ1n) is 12.4. The maximum atomic E-state index is 12.5. The third kappa shape index (κ3) is 6.44. The predicted octanol–water partition coefficient (Wildman–Crippen LogP) is 6.51. The van der Waals surface area contributed by atoms with Gasteiger partial charge in [-0.1, -0.05) is 35.9 Å². The van der Waals surface area contributed by atoms with Gasteiger partial charge in [0.2, 0.25) is 5.95 Å². The average Bonchev–Trinajstić information content (AvgIpc) is 2.93. The van der Waals surface area contributed by atoms with E-state index in [2.05, 4.69) is 40.0 Å². The van der Waals surface area contributed by atoms with Gasteiger partial charge < -0.3 is 16.0 Å². The second-order valence-electron chi connectivity index (χ2n) is 8.93. The maximum absolute atomic E-state index is 12.5. The number of benzene rings is 3. The highest BCUT2D eigenvalue weighted by atomic mass is 35.5. The lowest BCUT2D eigenvalue weighted by Crippen LogP contribution is -2.12. The molecule has 0 spiro atoms. The summed E-state index contributed by atoms with van der Waals surface area (Å²) in [6.07, 6.45) is 2.58. The van der Waals surface area contributed by atoms with Crippen LogP contribution in [0.25, 0.3) is 10.9 Å². The molecule has 0 bridgehead atoms. The van der Waals surface area contributed by atoms with Gasteiger partial charge in [0.05, 0.1) is 5.52 Å². The number of nitrogens with one attached hydrogen (secondary N) is 3. The van der Waals surface area contributed by atoms with E-state index in [1.54, 1.807) is 30.5 Å². The highest BCUT2D eigenvalue weighted by Gasteiger charge is 2.10. The highest BCUT2D eigenvalue weighted by Crippen LogP contribution is 2.24. The van der Waals surface area contributed by atoms with Crippen molar-refractivity contribution in [2.75, 3.05) is 22.5 Å². The Kier molecular flexibility index (Phi) is 7.75. The molecule has 0 atom stereocenters. The molecule has 38 heavy (non-hydrogen) atoms. The molecule has 8 heteroatoms. The van der Waals surface area contributed by atoms with Crippen molar-refractivity contribution in [1.82, 2.24) is 15.0 Å². The summed E-state index contributed by atoms with van der Waals surface area (Å²) in [7, 11) is 0. The quantitative estimate of drug-likeness (QED) is 0.204. The Labute approximate surface area is 226 Å². The highest BCUT2D eigenvalue weighted by molar-refractivity contribution is 6.30. The summed E-state index contributed by atoms with van der Waals surface area (Å²) in [6.45, 7) is 3.30. The number of hydrogen-bond donors (Lipinski definition) is 3. The molecule has 0 saturated heterocycles. The summed E-state index contributed by atoms with van der Waals surface area (Å²) in [5, 5.41) is 11.3. The molecule has 0 aliphatic rings. The van der Waals surface area contributed by atoms with Gasteiger partial charge in [0.25, 0.3) is 5.91 Å². The number of halogens is 1. The zero-order valence-corrected chi connectivity index (χ0v) is 21.7. The van der Waals surface area contributed by atoms with Crippen LogP contribution in [-0.2, 0) is 13.0 Å². The van der Waals surface area contributed by atoms with E-state index in [0.717, 1.165) is 45.6 Å². The maximum Gasteiger partial charge on any atom is 0.255 e. The van der Waals surface area contributed by atoms with Gasteiger partial charge in [-0.15, -0.1) is 0 Å². The third-order valence-corrected chi connectivity index (χ3v) is 6.27. The molecule has 0 saturated carbocycles. The Morgan fingerprint density at radius 2 is 1.71 bits per heavy atom. The van der Waals surface area contributed by atoms with Gasteiger partial charge in [-0.05, 0) is 78.7 Å². The van der Waals surface area contributed by atoms with E-state index in [0.29, 0.717) is 29.6 Å². The van der Waals surface area contributed by atoms with Crippen LogP contribution in [0.4, 0.5) is 17.5 Å². The fourth-order valence-corrected chi connectivity index (χ4v) is 4.12. The van der Waals surface area contributed by atoms with Gasteiger partial charge in [0, 0.05) is 53.1 Å². The Morgan fingerprint density at radius 3 is 2.47 bits per heavy atom. The number of amides is 1. The molecule has 3 N–H and O–H groups in total. The number of hydrogen-bond acceptors (Lipinski definition) is 6. The summed E-state index contributed by atoms with van der Waals surface area (Å²) >= 11 is 5.91. The second kappa shape index (κ2) is 11.7. The number of nitrogens with zero attached hydrogens (tertiary/aromatic N) is 3. The minimum Gasteiger partial charge on any atom is -0.365 e. The van der Waals surface area contributed by atoms with Crippen LogP contribution < -0.4 is 16.0 Å². The lowest BCUT2D eigenvalue weighted by atomic mass is 10.1. The number of aromatic nitrogens is 3. The first-order chi connectivity index (χ1) is 18.5. The topological polar surface area (TPSA) is 91.8 Å². The van der Waals surface area contributed by atoms with Gasteiger partial charge >= 0.3 is 0 Å². The smallest absolute Gasteiger partial charge is 0.255 e. The van der Waals surface area contributed by atoms with E-state index < -0.39 is 0 Å². The van der Waals surface area contributed by atoms with Gasteiger partial charge in [0.1, 0.15) is 5.82 Å². The van der Waals surface area contributed by atoms with Crippen molar-refractivity contribution >= 4 is 45.9 Å². The molecule has 0 fully saturated rings. The summed E-state index contributed by atoms with van der Waals surface area (Å²) in [6, 6.07) is 26.6. The number of carbonyl (C=O) groups excluding carboxylic acids is 1. The predicted molar refractivity (Wildman–Crippen MR) is 154 cm³/mol. The zero-order valence-electron chi connectivity index (χ0n) is 20.9. The van der Waals surface area contributed by atoms with Crippen molar-refractivity contribution in [3.8, 4) is 0 Å². The first kappa shape index (κ1) is 25.2. The van der Waals surface area contributed by atoms with Crippen molar-refractivity contribution in [3.05, 3.63) is 119 Å². The van der Waals surface area contributed by atoms with Crippen LogP contribution in [0.2, 0.25) is 5.02 Å². The fourth-order valence-electron chi connectivity index (χ4n) is 4.00. The third-order valence-electron chi connectivity index (χ3n) is 6.02. The van der Waals surface area contributed by atoms with Crippen LogP contribution in [0.5, 0.6) is 0 Å². The minimum absolute atomic E-state index is 0.182. The number of pyridine rings is 1. The van der Waals surface area contributed by atoms with Crippen LogP contribution in [-0.4, -0.2) is 27.4 Å². The number of aryl methyl sites for hydroxylation is 1. The molecular weight excluding hydrogens is 496 g/mol. The number of carbonyl (C=O) groups is 1. The number of rotatable bonds is 9. The molecule has 2 aromatic heterocycles. The van der Waals surface area contributed by atoms with Crippen LogP contribution in [0.1, 0.15) is 27.2 Å². The minimum atomic E-state index is -0.182. The van der Waals surface area contributed by atoms with Gasteiger partial charge in [-0.25, -0.2) is 4.98 Å². The van der Waals surface area contributed by atoms with E-state index in [-0.39, 0.29) is 5.91 Å². The Balaban J connectivity index is 1.25. The van der Waals surface area contributed by atoms with Crippen molar-refractivity contribution in [2.24, 2.45) is 0 Å². The van der Waals surface area contributed by atoms with E-state index in [1.807, 2.05) is 48.5 Å². The molecule has 0 aliphatic heterocycles. The molecule has 0 aliphatic carbocycles. The van der Waals surface area contributed by atoms with Crippen molar-refractivity contribution in [2.45, 2.75) is 19.9 Å². The average molecular weight is 523 g/mol. The standard InChI is InChI=1S/C30H27ClN6O/c1-20-5-14-26-27(18-20)36-30(33-17-15-24-4-2-3-16-32-24)37-28(26)34-19-21-6-12-25(13-7-21)35-29(38)22-8-10-23(31)11-9-22/h2-14,16,18H,15,17,19H2,1H3,(H,35,38)(H2,33,34,36,37). The lowest BCUT2D eigenvalue weighted by molar-refractivity contribution is 0.102. The molecule has 5 aromatic rings. The van der Waals surface area contributed by atoms with E-state index in [9.17, 15) is 4.79 Å². The Hall–Kier alpha value is -4.49. The largest absolute Gasteiger partial charge is 0.365 e. The van der Waals surface area contributed by atoms with E-state index in [4.69, 9.17) is 21.6 Å². The van der Waals surface area contributed by atoms with Crippen molar-refractivity contribution < 1.29 is 4.79 Å². The lowest BCUT2D eigenvalue weighted by Gasteiger charge is -2.13. The van der Waals surface area contributed by atoms with Crippen molar-refractivity contribution in [3.63, 3.8) is 0 Å². The first-order valence-corrected chi connectivity index (χ1v) is 12.7. The van der Waals surface area contributed by atoms with Crippen LogP contribution in [0.15, 0.2) is 91.1 Å². The van der Waals surface area contributed by atoms with E-state index in [1.165, 1.54) is 0 Å². The SMILES string of the molecule is Cc1ccc2c(NCc3ccc(NC(=O)c4ccc(Cl)cc4)cc3)nc(NCCc3ccccn3)nc2c1. The molecule has 2 heterocycles. The molecular formula is C30H27ClN6O. The molecule has 0 unspecified atom stereocenters. The summed E-state index contributed by atoms with van der Waals surface area (Å²) < 4.78 is 0. The molecule has 7 nitrogen and oxygen atoms in total. The summed E-state index contributed by atoms with van der Waals surface area (Å²) in [5.74, 6) is 1.15. The number of anilines is 3. The Morgan fingerprint density at radius 1 is 0.895 bits per heavy atom. The van der Waals surface area contributed by atoms with Crippen molar-refractivity contribution in [1.29, 1.82) is 0 Å². The second-order valence-corrected chi connectivity index (χ2v) is 9.36. The summed E-state index contributed by atoms with van der Waals surface area (Å²) in [5.41, 5.74) is 5.35. The molecule has 1 amide bonds. The summed E-state index contributed by atoms with van der Waals surface area (Å²) in [4.78, 5) is 26.3. The van der Waals surface area contributed by atoms with Crippen LogP contribution in [0.3, 0.4) is 0 Å². The molecule has 5 rings (SSSR count). The monoisotopic (exact) mass is 522 g/mol. The number of fused-ring (bicyclic) bond motifs is 1.